The van der Waals surface area contributed by atoms with Gasteiger partial charge in [-0.25, -0.2) is 0 Å². The molecule has 1 N–H and O–H groups in total. The van der Waals surface area contributed by atoms with Gasteiger partial charge < -0.3 is 5.32 Å². The molecule has 1 aliphatic rings. The Hall–Kier alpha value is -0.890. The van der Waals surface area contributed by atoms with Crippen molar-refractivity contribution in [2.45, 2.75) is 58.9 Å². The average Bonchev–Trinajstić information content (AvgIpc) is 2.45. The highest BCUT2D eigenvalue weighted by Crippen LogP contribution is 2.42. The van der Waals surface area contributed by atoms with Crippen LogP contribution in [0.1, 0.15) is 58.4 Å². The largest absolute Gasteiger partial charge is 0.314 e. The van der Waals surface area contributed by atoms with Gasteiger partial charge in [0.2, 0.25) is 0 Å². The molecule has 20 heavy (non-hydrogen) atoms. The molecule has 0 saturated heterocycles. The number of nitrogens with one attached hydrogen (secondary N) is 1. The molecule has 0 bridgehead atoms. The molecule has 2 rings (SSSR count). The van der Waals surface area contributed by atoms with E-state index in [0.717, 1.165) is 24.3 Å². The Balaban J connectivity index is 2.10. The van der Waals surface area contributed by atoms with E-state index in [1.807, 2.05) is 6.20 Å². The van der Waals surface area contributed by atoms with Gasteiger partial charge >= 0.3 is 0 Å². The summed E-state index contributed by atoms with van der Waals surface area (Å²) in [6.07, 6.45) is 8.03. The fraction of sp³-hybridized carbons (Fsp3) is 0.722. The number of rotatable bonds is 5. The van der Waals surface area contributed by atoms with Crippen LogP contribution in [-0.2, 0) is 0 Å². The Morgan fingerprint density at radius 2 is 2.05 bits per heavy atom. The van der Waals surface area contributed by atoms with Gasteiger partial charge in [0.15, 0.2) is 0 Å². The number of pyridine rings is 1. The number of hydrogen-bond donors (Lipinski definition) is 1. The number of hydrogen-bond acceptors (Lipinski definition) is 2. The first-order valence-electron chi connectivity index (χ1n) is 8.21. The summed E-state index contributed by atoms with van der Waals surface area (Å²) in [5.74, 6) is 3.11. The molecule has 1 saturated carbocycles. The molecule has 2 nitrogen and oxygen atoms in total. The van der Waals surface area contributed by atoms with E-state index in [4.69, 9.17) is 0 Å². The molecule has 1 heterocycles. The van der Waals surface area contributed by atoms with Crippen molar-refractivity contribution in [2.24, 2.45) is 17.8 Å². The van der Waals surface area contributed by atoms with E-state index in [1.165, 1.54) is 24.8 Å². The molecule has 3 unspecified atom stereocenters. The van der Waals surface area contributed by atoms with Crippen LogP contribution < -0.4 is 5.32 Å². The molecule has 2 heteroatoms. The van der Waals surface area contributed by atoms with Gasteiger partial charge in [0.1, 0.15) is 0 Å². The maximum absolute atomic E-state index is 4.34. The van der Waals surface area contributed by atoms with Gasteiger partial charge in [0.05, 0.1) is 0 Å². The van der Waals surface area contributed by atoms with E-state index in [9.17, 15) is 0 Å². The third-order valence-electron chi connectivity index (χ3n) is 4.88. The lowest BCUT2D eigenvalue weighted by molar-refractivity contribution is 0.188. The molecular formula is C18H30N2. The topological polar surface area (TPSA) is 24.9 Å². The smallest absolute Gasteiger partial charge is 0.0302 e. The predicted molar refractivity (Wildman–Crippen MR) is 85.8 cm³/mol. The summed E-state index contributed by atoms with van der Waals surface area (Å²) in [7, 11) is 0. The van der Waals surface area contributed by atoms with Gasteiger partial charge in [-0.15, -0.1) is 0 Å². The Morgan fingerprint density at radius 3 is 2.65 bits per heavy atom. The highest BCUT2D eigenvalue weighted by Gasteiger charge is 2.32. The van der Waals surface area contributed by atoms with Gasteiger partial charge in [0, 0.05) is 18.4 Å². The molecule has 0 aliphatic heterocycles. The SMILES string of the molecule is CC(C)NCC1CCC(C(C)C)CC1c1cccnc1. The van der Waals surface area contributed by atoms with Crippen LogP contribution in [0.4, 0.5) is 0 Å². The lowest BCUT2D eigenvalue weighted by atomic mass is 9.68. The van der Waals surface area contributed by atoms with E-state index in [2.05, 4.69) is 56.3 Å². The normalized spacial score (nSPS) is 27.2. The lowest BCUT2D eigenvalue weighted by Gasteiger charge is -2.38. The first-order valence-corrected chi connectivity index (χ1v) is 8.21. The minimum absolute atomic E-state index is 0.576. The zero-order chi connectivity index (χ0) is 14.5. The zero-order valence-corrected chi connectivity index (χ0v) is 13.5. The summed E-state index contributed by atoms with van der Waals surface area (Å²) in [6, 6.07) is 4.93. The van der Waals surface area contributed by atoms with Gasteiger partial charge in [-0.2, -0.15) is 0 Å². The molecule has 1 aromatic heterocycles. The van der Waals surface area contributed by atoms with Crippen LogP contribution >= 0.6 is 0 Å². The van der Waals surface area contributed by atoms with Crippen LogP contribution in [0.3, 0.4) is 0 Å². The molecule has 0 amide bonds. The van der Waals surface area contributed by atoms with Gasteiger partial charge in [-0.05, 0) is 61.1 Å². The van der Waals surface area contributed by atoms with Crippen LogP contribution in [0.25, 0.3) is 0 Å². The molecule has 112 valence electrons. The second-order valence-electron chi connectivity index (χ2n) is 7.03. The Morgan fingerprint density at radius 1 is 1.25 bits per heavy atom. The second kappa shape index (κ2) is 7.21. The summed E-state index contributed by atoms with van der Waals surface area (Å²) in [6.45, 7) is 10.4. The highest BCUT2D eigenvalue weighted by atomic mass is 14.9. The van der Waals surface area contributed by atoms with Crippen molar-refractivity contribution in [3.63, 3.8) is 0 Å². The maximum Gasteiger partial charge on any atom is 0.0302 e. The van der Waals surface area contributed by atoms with Crippen molar-refractivity contribution in [1.29, 1.82) is 0 Å². The van der Waals surface area contributed by atoms with Gasteiger partial charge in [0.25, 0.3) is 0 Å². The number of aromatic nitrogens is 1. The van der Waals surface area contributed by atoms with E-state index in [-0.39, 0.29) is 0 Å². The van der Waals surface area contributed by atoms with Gasteiger partial charge in [-0.1, -0.05) is 33.8 Å². The Bertz CT molecular complexity index is 386. The van der Waals surface area contributed by atoms with Crippen molar-refractivity contribution in [1.82, 2.24) is 10.3 Å². The fourth-order valence-electron chi connectivity index (χ4n) is 3.51. The monoisotopic (exact) mass is 274 g/mol. The summed E-state index contributed by atoms with van der Waals surface area (Å²) >= 11 is 0. The first kappa shape index (κ1) is 15.5. The summed E-state index contributed by atoms with van der Waals surface area (Å²) < 4.78 is 0. The third kappa shape index (κ3) is 4.05. The molecule has 3 atom stereocenters. The van der Waals surface area contributed by atoms with Gasteiger partial charge in [-0.3, -0.25) is 4.98 Å². The average molecular weight is 274 g/mol. The van der Waals surface area contributed by atoms with Crippen LogP contribution in [-0.4, -0.2) is 17.6 Å². The Labute approximate surface area is 124 Å². The summed E-state index contributed by atoms with van der Waals surface area (Å²) in [4.78, 5) is 4.34. The van der Waals surface area contributed by atoms with Crippen molar-refractivity contribution < 1.29 is 0 Å². The molecule has 1 fully saturated rings. The summed E-state index contributed by atoms with van der Waals surface area (Å²) in [5, 5.41) is 3.64. The highest BCUT2D eigenvalue weighted by molar-refractivity contribution is 5.17. The van der Waals surface area contributed by atoms with E-state index in [0.29, 0.717) is 12.0 Å². The fourth-order valence-corrected chi connectivity index (χ4v) is 3.51. The minimum Gasteiger partial charge on any atom is -0.314 e. The third-order valence-corrected chi connectivity index (χ3v) is 4.88. The minimum atomic E-state index is 0.576. The van der Waals surface area contributed by atoms with Crippen LogP contribution in [0, 0.1) is 17.8 Å². The van der Waals surface area contributed by atoms with E-state index < -0.39 is 0 Å². The summed E-state index contributed by atoms with van der Waals surface area (Å²) in [5.41, 5.74) is 1.44. The van der Waals surface area contributed by atoms with Crippen LogP contribution in [0.15, 0.2) is 24.5 Å². The van der Waals surface area contributed by atoms with Crippen molar-refractivity contribution in [3.05, 3.63) is 30.1 Å². The molecule has 1 aliphatic carbocycles. The lowest BCUT2D eigenvalue weighted by Crippen LogP contribution is -2.35. The van der Waals surface area contributed by atoms with Crippen LogP contribution in [0.2, 0.25) is 0 Å². The maximum atomic E-state index is 4.34. The van der Waals surface area contributed by atoms with Crippen LogP contribution in [0.5, 0.6) is 0 Å². The Kier molecular flexibility index (Phi) is 5.59. The second-order valence-corrected chi connectivity index (χ2v) is 7.03. The zero-order valence-electron chi connectivity index (χ0n) is 13.5. The van der Waals surface area contributed by atoms with Crippen molar-refractivity contribution in [3.8, 4) is 0 Å². The molecule has 0 spiro atoms. The number of nitrogens with zero attached hydrogens (tertiary/aromatic N) is 1. The first-order chi connectivity index (χ1) is 9.58. The molecule has 0 aromatic carbocycles. The van der Waals surface area contributed by atoms with E-state index in [1.54, 1.807) is 0 Å². The molecule has 0 radical (unpaired) electrons. The molecule has 1 aromatic rings. The van der Waals surface area contributed by atoms with E-state index >= 15 is 0 Å². The quantitative estimate of drug-likeness (QED) is 0.869. The van der Waals surface area contributed by atoms with Crippen molar-refractivity contribution >= 4 is 0 Å². The van der Waals surface area contributed by atoms with Crippen molar-refractivity contribution in [2.75, 3.05) is 6.54 Å². The molecular weight excluding hydrogens is 244 g/mol. The standard InChI is InChI=1S/C18H30N2/c1-13(2)15-7-8-17(12-20-14(3)4)18(10-15)16-6-5-9-19-11-16/h5-6,9,11,13-15,17-18,20H,7-8,10,12H2,1-4H3. The predicted octanol–water partition coefficient (Wildman–Crippen LogP) is 4.24.